The van der Waals surface area contributed by atoms with Crippen LogP contribution in [0.5, 0.6) is 0 Å². The molecule has 3 aromatic heterocycles. The Bertz CT molecular complexity index is 1410. The van der Waals surface area contributed by atoms with Crippen LogP contribution in [-0.2, 0) is 12.8 Å². The number of ketones is 1. The first-order chi connectivity index (χ1) is 15.9. The van der Waals surface area contributed by atoms with Gasteiger partial charge in [-0.25, -0.2) is 14.5 Å². The summed E-state index contributed by atoms with van der Waals surface area (Å²) in [5.74, 6) is 0.447. The van der Waals surface area contributed by atoms with Crippen molar-refractivity contribution in [2.24, 2.45) is 0 Å². The molecule has 1 aliphatic carbocycles. The molecule has 1 aliphatic rings. The first kappa shape index (κ1) is 22.3. The second-order valence-corrected chi connectivity index (χ2v) is 11.1. The van der Waals surface area contributed by atoms with E-state index in [0.717, 1.165) is 41.6 Å². The molecule has 0 N–H and O–H groups in total. The van der Waals surface area contributed by atoms with E-state index in [1.54, 1.807) is 23.5 Å². The van der Waals surface area contributed by atoms with Gasteiger partial charge in [0.25, 0.3) is 5.56 Å². The number of thioether (sulfide) groups is 1. The van der Waals surface area contributed by atoms with Crippen LogP contribution in [0.15, 0.2) is 52.5 Å². The van der Waals surface area contributed by atoms with Gasteiger partial charge in [-0.2, -0.15) is 0 Å². The summed E-state index contributed by atoms with van der Waals surface area (Å²) < 4.78 is 1.53. The number of pyridine rings is 1. The van der Waals surface area contributed by atoms with E-state index in [0.29, 0.717) is 26.9 Å². The van der Waals surface area contributed by atoms with Crippen molar-refractivity contribution in [1.29, 1.82) is 0 Å². The molecule has 0 aliphatic heterocycles. The van der Waals surface area contributed by atoms with Crippen LogP contribution in [-0.4, -0.2) is 25.6 Å². The van der Waals surface area contributed by atoms with Gasteiger partial charge in [-0.1, -0.05) is 53.2 Å². The molecule has 168 valence electrons. The molecular formula is C25H22ClN3O2S2. The predicted octanol–water partition coefficient (Wildman–Crippen LogP) is 6.05. The van der Waals surface area contributed by atoms with Crippen molar-refractivity contribution in [3.8, 4) is 5.82 Å². The smallest absolute Gasteiger partial charge is 0.269 e. The number of Topliss-reactive ketones (excluding diaryl/α,β-unsaturated/α-hetero) is 1. The van der Waals surface area contributed by atoms with Crippen LogP contribution in [0.3, 0.4) is 0 Å². The van der Waals surface area contributed by atoms with Crippen LogP contribution in [0.25, 0.3) is 16.0 Å². The van der Waals surface area contributed by atoms with Gasteiger partial charge in [-0.05, 0) is 57.2 Å². The fraction of sp³-hybridized carbons (Fsp3) is 0.280. The number of aryl methyl sites for hydroxylation is 3. The highest BCUT2D eigenvalue weighted by molar-refractivity contribution is 8.00. The van der Waals surface area contributed by atoms with E-state index in [1.165, 1.54) is 27.4 Å². The summed E-state index contributed by atoms with van der Waals surface area (Å²) in [4.78, 5) is 38.2. The number of halogens is 1. The van der Waals surface area contributed by atoms with Crippen molar-refractivity contribution in [3.05, 3.63) is 79.5 Å². The summed E-state index contributed by atoms with van der Waals surface area (Å²) in [6.45, 7) is 3.84. The van der Waals surface area contributed by atoms with E-state index in [2.05, 4.69) is 4.98 Å². The lowest BCUT2D eigenvalue weighted by Gasteiger charge is -2.15. The summed E-state index contributed by atoms with van der Waals surface area (Å²) >= 11 is 8.93. The Morgan fingerprint density at radius 1 is 1.15 bits per heavy atom. The Balaban J connectivity index is 1.63. The van der Waals surface area contributed by atoms with E-state index in [1.807, 2.05) is 38.1 Å². The molecule has 1 atom stereocenters. The molecule has 0 saturated heterocycles. The van der Waals surface area contributed by atoms with Gasteiger partial charge in [-0.15, -0.1) is 11.3 Å². The van der Waals surface area contributed by atoms with E-state index in [9.17, 15) is 9.59 Å². The van der Waals surface area contributed by atoms with Crippen LogP contribution >= 0.6 is 34.7 Å². The highest BCUT2D eigenvalue weighted by Crippen LogP contribution is 2.36. The van der Waals surface area contributed by atoms with E-state index >= 15 is 0 Å². The maximum Gasteiger partial charge on any atom is 0.269 e. The van der Waals surface area contributed by atoms with E-state index < -0.39 is 5.25 Å². The van der Waals surface area contributed by atoms with Crippen LogP contribution in [0.1, 0.15) is 46.1 Å². The number of thiophene rings is 1. The lowest BCUT2D eigenvalue weighted by atomic mass is 9.97. The van der Waals surface area contributed by atoms with Gasteiger partial charge in [0.15, 0.2) is 10.9 Å². The third-order valence-electron chi connectivity index (χ3n) is 5.89. The number of carbonyl (C=O) groups is 1. The van der Waals surface area contributed by atoms with Crippen LogP contribution in [0.2, 0.25) is 5.02 Å². The minimum atomic E-state index is -0.426. The van der Waals surface area contributed by atoms with E-state index in [4.69, 9.17) is 16.6 Å². The minimum absolute atomic E-state index is 0.00423. The minimum Gasteiger partial charge on any atom is -0.293 e. The molecule has 5 rings (SSSR count). The van der Waals surface area contributed by atoms with E-state index in [-0.39, 0.29) is 11.3 Å². The van der Waals surface area contributed by atoms with Crippen molar-refractivity contribution in [3.63, 3.8) is 0 Å². The first-order valence-corrected chi connectivity index (χ1v) is 13.0. The Morgan fingerprint density at radius 3 is 2.64 bits per heavy atom. The van der Waals surface area contributed by atoms with Crippen molar-refractivity contribution in [2.75, 3.05) is 0 Å². The SMILES string of the molecule is Cc1ccc(C(=O)[C@H](C)Sc2nc3sc4c(c3c(=O)n2-c2ccc(Cl)cn2)CCCC4)cc1. The third-order valence-corrected chi connectivity index (χ3v) is 8.35. The largest absolute Gasteiger partial charge is 0.293 e. The molecule has 4 aromatic rings. The third kappa shape index (κ3) is 4.25. The van der Waals surface area contributed by atoms with Gasteiger partial charge in [-0.3, -0.25) is 9.59 Å². The van der Waals surface area contributed by atoms with Gasteiger partial charge < -0.3 is 0 Å². The van der Waals surface area contributed by atoms with Crippen LogP contribution in [0.4, 0.5) is 0 Å². The van der Waals surface area contributed by atoms with Gasteiger partial charge >= 0.3 is 0 Å². The second-order valence-electron chi connectivity index (χ2n) is 8.25. The molecule has 0 bridgehead atoms. The van der Waals surface area contributed by atoms with Crippen molar-refractivity contribution in [2.45, 2.75) is 49.9 Å². The maximum absolute atomic E-state index is 13.8. The average Bonchev–Trinajstić information content (AvgIpc) is 3.19. The average molecular weight is 496 g/mol. The van der Waals surface area contributed by atoms with Gasteiger partial charge in [0, 0.05) is 16.6 Å². The van der Waals surface area contributed by atoms with Crippen LogP contribution < -0.4 is 5.56 Å². The number of rotatable bonds is 5. The molecule has 3 heterocycles. The second kappa shape index (κ2) is 9.05. The summed E-state index contributed by atoms with van der Waals surface area (Å²) in [5.41, 5.74) is 2.74. The number of aromatic nitrogens is 3. The fourth-order valence-corrected chi connectivity index (χ4v) is 6.54. The number of nitrogens with zero attached hydrogens (tertiary/aromatic N) is 3. The van der Waals surface area contributed by atoms with Gasteiger partial charge in [0.1, 0.15) is 10.6 Å². The number of benzene rings is 1. The Morgan fingerprint density at radius 2 is 1.91 bits per heavy atom. The predicted molar refractivity (Wildman–Crippen MR) is 135 cm³/mol. The molecule has 0 amide bonds. The summed E-state index contributed by atoms with van der Waals surface area (Å²) in [6, 6.07) is 11.0. The quantitative estimate of drug-likeness (QED) is 0.192. The highest BCUT2D eigenvalue weighted by atomic mass is 35.5. The molecule has 0 spiro atoms. The molecular weight excluding hydrogens is 474 g/mol. The zero-order valence-electron chi connectivity index (χ0n) is 18.3. The van der Waals surface area contributed by atoms with Crippen molar-refractivity contribution < 1.29 is 4.79 Å². The molecule has 0 saturated carbocycles. The maximum atomic E-state index is 13.8. The number of hydrogen-bond acceptors (Lipinski definition) is 6. The molecule has 0 unspecified atom stereocenters. The molecule has 0 radical (unpaired) electrons. The lowest BCUT2D eigenvalue weighted by Crippen LogP contribution is -2.24. The Labute approximate surface area is 204 Å². The molecule has 5 nitrogen and oxygen atoms in total. The fourth-order valence-electron chi connectivity index (χ4n) is 4.13. The topological polar surface area (TPSA) is 64.8 Å². The van der Waals surface area contributed by atoms with Gasteiger partial charge in [0.2, 0.25) is 0 Å². The monoisotopic (exact) mass is 495 g/mol. The molecule has 8 heteroatoms. The first-order valence-electron chi connectivity index (χ1n) is 10.9. The number of fused-ring (bicyclic) bond motifs is 3. The lowest BCUT2D eigenvalue weighted by molar-refractivity contribution is 0.0994. The van der Waals surface area contributed by atoms with Crippen molar-refractivity contribution >= 4 is 50.7 Å². The number of hydrogen-bond donors (Lipinski definition) is 0. The summed E-state index contributed by atoms with van der Waals surface area (Å²) in [5, 5.41) is 1.22. The molecule has 1 aromatic carbocycles. The van der Waals surface area contributed by atoms with Crippen LogP contribution in [0, 0.1) is 6.92 Å². The standard InChI is InChI=1S/C25H22ClN3O2S2/c1-14-7-9-16(10-8-14)22(30)15(2)32-25-28-23-21(18-5-3-4-6-19(18)33-23)24(31)29(25)20-12-11-17(26)13-27-20/h7-13,15H,3-6H2,1-2H3/t15-/m0/s1. The zero-order chi connectivity index (χ0) is 23.1. The summed E-state index contributed by atoms with van der Waals surface area (Å²) in [7, 11) is 0. The van der Waals surface area contributed by atoms with Crippen molar-refractivity contribution in [1.82, 2.24) is 14.5 Å². The Hall–Kier alpha value is -2.48. The zero-order valence-corrected chi connectivity index (χ0v) is 20.7. The normalized spacial score (nSPS) is 14.3. The Kier molecular flexibility index (Phi) is 6.12. The molecule has 33 heavy (non-hydrogen) atoms. The van der Waals surface area contributed by atoms with Gasteiger partial charge in [0.05, 0.1) is 15.7 Å². The number of carbonyl (C=O) groups excluding carboxylic acids is 1. The molecule has 0 fully saturated rings. The highest BCUT2D eigenvalue weighted by Gasteiger charge is 2.25. The summed E-state index contributed by atoms with van der Waals surface area (Å²) in [6.07, 6.45) is 5.62.